The molecule has 0 bridgehead atoms. The van der Waals surface area contributed by atoms with Gasteiger partial charge in [0, 0.05) is 12.1 Å². The molecular formula is C17H23NO4S. The van der Waals surface area contributed by atoms with E-state index in [2.05, 4.69) is 20.8 Å². The first kappa shape index (κ1) is 16.5. The quantitative estimate of drug-likeness (QED) is 0.781. The topological polar surface area (TPSA) is 63.7 Å². The van der Waals surface area contributed by atoms with Crippen molar-refractivity contribution in [2.75, 3.05) is 24.7 Å². The third-order valence-corrected chi connectivity index (χ3v) is 6.28. The Kier molecular flexibility index (Phi) is 4.01. The van der Waals surface area contributed by atoms with E-state index in [4.69, 9.17) is 4.74 Å². The first-order valence-electron chi connectivity index (χ1n) is 7.91. The predicted octanol–water partition coefficient (Wildman–Crippen LogP) is 1.62. The van der Waals surface area contributed by atoms with Crippen molar-refractivity contribution in [2.45, 2.75) is 38.3 Å². The molecule has 3 rings (SSSR count). The zero-order valence-electron chi connectivity index (χ0n) is 13.8. The number of nitrogens with zero attached hydrogens (tertiary/aromatic N) is 1. The molecule has 0 radical (unpaired) electrons. The molecule has 0 aromatic heterocycles. The Balaban J connectivity index is 1.82. The number of carbonyl (C=O) groups is 1. The number of amides is 1. The van der Waals surface area contributed by atoms with Crippen LogP contribution in [0.5, 0.6) is 0 Å². The standard InChI is InChI=1S/C17H23NO4S/c1-17(2,3)13-6-4-12(5-7-13)16(19)18-8-9-22-15-11-23(20,21)10-14(15)18/h4-7,14-15H,8-11H2,1-3H3. The lowest BCUT2D eigenvalue weighted by Gasteiger charge is -2.36. The highest BCUT2D eigenvalue weighted by Crippen LogP contribution is 2.27. The van der Waals surface area contributed by atoms with Gasteiger partial charge in [-0.1, -0.05) is 32.9 Å². The molecular weight excluding hydrogens is 314 g/mol. The summed E-state index contributed by atoms with van der Waals surface area (Å²) in [6, 6.07) is 7.24. The van der Waals surface area contributed by atoms with E-state index < -0.39 is 9.84 Å². The van der Waals surface area contributed by atoms with Crippen LogP contribution in [0.2, 0.25) is 0 Å². The van der Waals surface area contributed by atoms with Crippen molar-refractivity contribution < 1.29 is 17.9 Å². The lowest BCUT2D eigenvalue weighted by Crippen LogP contribution is -2.53. The van der Waals surface area contributed by atoms with E-state index in [1.165, 1.54) is 0 Å². The highest BCUT2D eigenvalue weighted by Gasteiger charge is 2.45. The molecule has 2 saturated heterocycles. The number of fused-ring (bicyclic) bond motifs is 1. The SMILES string of the molecule is CC(C)(C)c1ccc(C(=O)N2CCOC3CS(=O)(=O)CC32)cc1. The second kappa shape index (κ2) is 5.60. The number of ether oxygens (including phenoxy) is 1. The minimum absolute atomic E-state index is 0.00345. The third-order valence-electron chi connectivity index (χ3n) is 4.60. The van der Waals surface area contributed by atoms with Gasteiger partial charge < -0.3 is 9.64 Å². The smallest absolute Gasteiger partial charge is 0.254 e. The molecule has 2 atom stereocenters. The van der Waals surface area contributed by atoms with Gasteiger partial charge in [-0.15, -0.1) is 0 Å². The fourth-order valence-corrected chi connectivity index (χ4v) is 5.12. The first-order chi connectivity index (χ1) is 10.7. The van der Waals surface area contributed by atoms with E-state index in [1.807, 2.05) is 24.3 Å². The number of morpholine rings is 1. The average molecular weight is 337 g/mol. The van der Waals surface area contributed by atoms with Crippen molar-refractivity contribution in [1.29, 1.82) is 0 Å². The van der Waals surface area contributed by atoms with Gasteiger partial charge in [0.05, 0.1) is 30.3 Å². The van der Waals surface area contributed by atoms with E-state index in [9.17, 15) is 13.2 Å². The largest absolute Gasteiger partial charge is 0.373 e. The minimum Gasteiger partial charge on any atom is -0.373 e. The monoisotopic (exact) mass is 337 g/mol. The van der Waals surface area contributed by atoms with Gasteiger partial charge in [0.25, 0.3) is 5.91 Å². The molecule has 2 aliphatic rings. The molecule has 1 aromatic carbocycles. The third kappa shape index (κ3) is 3.28. The van der Waals surface area contributed by atoms with Crippen LogP contribution in [0.3, 0.4) is 0 Å². The highest BCUT2D eigenvalue weighted by atomic mass is 32.2. The molecule has 0 aliphatic carbocycles. The van der Waals surface area contributed by atoms with Crippen LogP contribution in [0.1, 0.15) is 36.7 Å². The van der Waals surface area contributed by atoms with Crippen LogP contribution in [0.4, 0.5) is 0 Å². The highest BCUT2D eigenvalue weighted by molar-refractivity contribution is 7.91. The van der Waals surface area contributed by atoms with Crippen molar-refractivity contribution >= 4 is 15.7 Å². The van der Waals surface area contributed by atoms with Gasteiger partial charge in [-0.05, 0) is 23.1 Å². The summed E-state index contributed by atoms with van der Waals surface area (Å²) in [6.45, 7) is 7.21. The Bertz CT molecular complexity index is 703. The van der Waals surface area contributed by atoms with E-state index in [0.717, 1.165) is 5.56 Å². The average Bonchev–Trinajstić information content (AvgIpc) is 2.79. The van der Waals surface area contributed by atoms with Crippen molar-refractivity contribution in [2.24, 2.45) is 0 Å². The summed E-state index contributed by atoms with van der Waals surface area (Å²) >= 11 is 0. The summed E-state index contributed by atoms with van der Waals surface area (Å²) in [5, 5.41) is 0. The molecule has 2 fully saturated rings. The van der Waals surface area contributed by atoms with Crippen molar-refractivity contribution in [1.82, 2.24) is 4.90 Å². The fraction of sp³-hybridized carbons (Fsp3) is 0.588. The Morgan fingerprint density at radius 3 is 2.43 bits per heavy atom. The van der Waals surface area contributed by atoms with Crippen LogP contribution in [-0.2, 0) is 20.0 Å². The maximum absolute atomic E-state index is 12.8. The summed E-state index contributed by atoms with van der Waals surface area (Å²) in [4.78, 5) is 14.5. The molecule has 6 heteroatoms. The predicted molar refractivity (Wildman–Crippen MR) is 88.4 cm³/mol. The number of sulfone groups is 1. The van der Waals surface area contributed by atoms with E-state index in [0.29, 0.717) is 18.7 Å². The van der Waals surface area contributed by atoms with Gasteiger partial charge in [-0.25, -0.2) is 8.42 Å². The first-order valence-corrected chi connectivity index (χ1v) is 9.73. The van der Waals surface area contributed by atoms with Crippen LogP contribution in [-0.4, -0.2) is 56.0 Å². The van der Waals surface area contributed by atoms with Crippen molar-refractivity contribution in [3.63, 3.8) is 0 Å². The van der Waals surface area contributed by atoms with Crippen LogP contribution in [0, 0.1) is 0 Å². The van der Waals surface area contributed by atoms with Gasteiger partial charge in [-0.2, -0.15) is 0 Å². The Hall–Kier alpha value is -1.40. The second-order valence-electron chi connectivity index (χ2n) is 7.38. The molecule has 1 amide bonds. The normalized spacial score (nSPS) is 26.8. The van der Waals surface area contributed by atoms with Crippen LogP contribution in [0.15, 0.2) is 24.3 Å². The molecule has 0 spiro atoms. The number of carbonyl (C=O) groups excluding carboxylic acids is 1. The van der Waals surface area contributed by atoms with E-state index in [-0.39, 0.29) is 35.0 Å². The summed E-state index contributed by atoms with van der Waals surface area (Å²) < 4.78 is 29.2. The van der Waals surface area contributed by atoms with Gasteiger partial charge in [-0.3, -0.25) is 4.79 Å². The van der Waals surface area contributed by atoms with Crippen LogP contribution < -0.4 is 0 Å². The van der Waals surface area contributed by atoms with Crippen LogP contribution in [0.25, 0.3) is 0 Å². The fourth-order valence-electron chi connectivity index (χ4n) is 3.25. The zero-order chi connectivity index (χ0) is 16.8. The van der Waals surface area contributed by atoms with Gasteiger partial charge in [0.15, 0.2) is 9.84 Å². The Morgan fingerprint density at radius 2 is 1.83 bits per heavy atom. The van der Waals surface area contributed by atoms with Crippen molar-refractivity contribution in [3.05, 3.63) is 35.4 Å². The number of hydrogen-bond acceptors (Lipinski definition) is 4. The molecule has 0 saturated carbocycles. The molecule has 2 unspecified atom stereocenters. The maximum atomic E-state index is 12.8. The molecule has 23 heavy (non-hydrogen) atoms. The number of hydrogen-bond donors (Lipinski definition) is 0. The molecule has 5 nitrogen and oxygen atoms in total. The molecule has 2 aliphatic heterocycles. The summed E-state index contributed by atoms with van der Waals surface area (Å²) in [5.41, 5.74) is 1.80. The zero-order valence-corrected chi connectivity index (χ0v) is 14.6. The second-order valence-corrected chi connectivity index (χ2v) is 9.53. The molecule has 126 valence electrons. The Labute approximate surface area is 137 Å². The molecule has 2 heterocycles. The minimum atomic E-state index is -3.12. The van der Waals surface area contributed by atoms with E-state index >= 15 is 0 Å². The molecule has 1 aromatic rings. The lowest BCUT2D eigenvalue weighted by molar-refractivity contribution is -0.0361. The van der Waals surface area contributed by atoms with Gasteiger partial charge in [0.1, 0.15) is 0 Å². The summed E-state index contributed by atoms with van der Waals surface area (Å²) in [7, 11) is -3.12. The van der Waals surface area contributed by atoms with Gasteiger partial charge in [0.2, 0.25) is 0 Å². The Morgan fingerprint density at radius 1 is 1.17 bits per heavy atom. The number of rotatable bonds is 1. The summed E-state index contributed by atoms with van der Waals surface area (Å²) in [5.74, 6) is -0.0886. The van der Waals surface area contributed by atoms with E-state index in [1.54, 1.807) is 4.90 Å². The number of benzene rings is 1. The molecule has 0 N–H and O–H groups in total. The lowest BCUT2D eigenvalue weighted by atomic mass is 9.86. The maximum Gasteiger partial charge on any atom is 0.254 e. The van der Waals surface area contributed by atoms with Gasteiger partial charge >= 0.3 is 0 Å². The van der Waals surface area contributed by atoms with Crippen LogP contribution >= 0.6 is 0 Å². The summed E-state index contributed by atoms with van der Waals surface area (Å²) in [6.07, 6.45) is -0.383. The van der Waals surface area contributed by atoms with Crippen molar-refractivity contribution in [3.8, 4) is 0 Å².